The fourth-order valence-electron chi connectivity index (χ4n) is 2.35. The summed E-state index contributed by atoms with van der Waals surface area (Å²) in [6, 6.07) is 10.1. The number of carbonyl (C=O) groups excluding carboxylic acids is 1. The molecule has 88 valence electrons. The van der Waals surface area contributed by atoms with E-state index in [-0.39, 0.29) is 11.7 Å². The number of aryl methyl sites for hydroxylation is 1. The van der Waals surface area contributed by atoms with E-state index in [4.69, 9.17) is 0 Å². The smallest absolute Gasteiger partial charge is 0.137 e. The van der Waals surface area contributed by atoms with Crippen LogP contribution in [0.25, 0.3) is 10.9 Å². The summed E-state index contributed by atoms with van der Waals surface area (Å²) >= 11 is 0. The number of carbonyl (C=O) groups is 1. The van der Waals surface area contributed by atoms with Crippen LogP contribution in [0.4, 0.5) is 0 Å². The number of nitrogens with zero attached hydrogens (tertiary/aromatic N) is 1. The van der Waals surface area contributed by atoms with Gasteiger partial charge in [0, 0.05) is 17.0 Å². The highest BCUT2D eigenvalue weighted by atomic mass is 16.1. The van der Waals surface area contributed by atoms with Gasteiger partial charge in [0.1, 0.15) is 5.78 Å². The molecular formula is C15H17NO. The van der Waals surface area contributed by atoms with Crippen molar-refractivity contribution in [3.63, 3.8) is 0 Å². The van der Waals surface area contributed by atoms with Gasteiger partial charge in [-0.2, -0.15) is 0 Å². The maximum absolute atomic E-state index is 11.7. The maximum atomic E-state index is 11.7. The second kappa shape index (κ2) is 4.66. The maximum Gasteiger partial charge on any atom is 0.137 e. The molecule has 0 saturated heterocycles. The van der Waals surface area contributed by atoms with Crippen molar-refractivity contribution in [3.8, 4) is 0 Å². The lowest BCUT2D eigenvalue weighted by Crippen LogP contribution is -2.09. The molecule has 1 heterocycles. The normalized spacial score (nSPS) is 12.6. The number of rotatable bonds is 3. The van der Waals surface area contributed by atoms with Crippen LogP contribution in [0, 0.1) is 6.92 Å². The molecule has 0 amide bonds. The van der Waals surface area contributed by atoms with Gasteiger partial charge in [-0.15, -0.1) is 0 Å². The standard InChI is InChI=1S/C15H17NO/c1-4-12(11(3)17)14-9-10(2)16-15-8-6-5-7-13(14)15/h5-9,12H,4H2,1-3H3. The van der Waals surface area contributed by atoms with Gasteiger partial charge < -0.3 is 0 Å². The van der Waals surface area contributed by atoms with E-state index in [1.807, 2.05) is 37.3 Å². The van der Waals surface area contributed by atoms with Gasteiger partial charge in [-0.1, -0.05) is 25.1 Å². The molecule has 0 spiro atoms. The molecule has 1 aromatic carbocycles. The van der Waals surface area contributed by atoms with E-state index < -0.39 is 0 Å². The van der Waals surface area contributed by atoms with E-state index in [1.165, 1.54) is 0 Å². The molecular weight excluding hydrogens is 210 g/mol. The fraction of sp³-hybridized carbons (Fsp3) is 0.333. The van der Waals surface area contributed by atoms with Gasteiger partial charge in [0.25, 0.3) is 0 Å². The van der Waals surface area contributed by atoms with Crippen LogP contribution >= 0.6 is 0 Å². The fourth-order valence-corrected chi connectivity index (χ4v) is 2.35. The molecule has 17 heavy (non-hydrogen) atoms. The summed E-state index contributed by atoms with van der Waals surface area (Å²) in [6.07, 6.45) is 0.836. The third kappa shape index (κ3) is 2.21. The number of hydrogen-bond acceptors (Lipinski definition) is 2. The quantitative estimate of drug-likeness (QED) is 0.801. The Hall–Kier alpha value is -1.70. The van der Waals surface area contributed by atoms with E-state index >= 15 is 0 Å². The Kier molecular flexibility index (Phi) is 3.23. The van der Waals surface area contributed by atoms with E-state index in [0.29, 0.717) is 0 Å². The number of para-hydroxylation sites is 1. The van der Waals surface area contributed by atoms with Crippen molar-refractivity contribution >= 4 is 16.7 Å². The first-order chi connectivity index (χ1) is 8.13. The van der Waals surface area contributed by atoms with Crippen molar-refractivity contribution in [3.05, 3.63) is 41.6 Å². The van der Waals surface area contributed by atoms with Gasteiger partial charge >= 0.3 is 0 Å². The van der Waals surface area contributed by atoms with Crippen LogP contribution in [-0.4, -0.2) is 10.8 Å². The second-order valence-electron chi connectivity index (χ2n) is 4.44. The number of Topliss-reactive ketones (excluding diaryl/α,β-unsaturated/α-hetero) is 1. The summed E-state index contributed by atoms with van der Waals surface area (Å²) in [4.78, 5) is 16.2. The van der Waals surface area contributed by atoms with Gasteiger partial charge in [-0.25, -0.2) is 0 Å². The molecule has 1 aromatic heterocycles. The highest BCUT2D eigenvalue weighted by Gasteiger charge is 2.17. The summed E-state index contributed by atoms with van der Waals surface area (Å²) in [7, 11) is 0. The van der Waals surface area contributed by atoms with Gasteiger partial charge in [0.15, 0.2) is 0 Å². The summed E-state index contributed by atoms with van der Waals surface area (Å²) in [5, 5.41) is 1.10. The number of fused-ring (bicyclic) bond motifs is 1. The molecule has 2 nitrogen and oxygen atoms in total. The van der Waals surface area contributed by atoms with Crippen molar-refractivity contribution < 1.29 is 4.79 Å². The molecule has 0 fully saturated rings. The van der Waals surface area contributed by atoms with Crippen LogP contribution in [0.15, 0.2) is 30.3 Å². The van der Waals surface area contributed by atoms with Gasteiger partial charge in [0.2, 0.25) is 0 Å². The SMILES string of the molecule is CCC(C(C)=O)c1cc(C)nc2ccccc12. The van der Waals surface area contributed by atoms with Crippen LogP contribution in [-0.2, 0) is 4.79 Å². The van der Waals surface area contributed by atoms with E-state index in [9.17, 15) is 4.79 Å². The highest BCUT2D eigenvalue weighted by molar-refractivity contribution is 5.91. The average molecular weight is 227 g/mol. The summed E-state index contributed by atoms with van der Waals surface area (Å²) in [6.45, 7) is 5.69. The van der Waals surface area contributed by atoms with Crippen LogP contribution in [0.3, 0.4) is 0 Å². The van der Waals surface area contributed by atoms with Crippen molar-refractivity contribution in [2.24, 2.45) is 0 Å². The zero-order valence-electron chi connectivity index (χ0n) is 10.5. The Balaban J connectivity index is 2.70. The lowest BCUT2D eigenvalue weighted by molar-refractivity contribution is -0.118. The predicted octanol–water partition coefficient (Wildman–Crippen LogP) is 3.63. The Labute approximate surface area is 102 Å². The van der Waals surface area contributed by atoms with Crippen molar-refractivity contribution in [1.82, 2.24) is 4.98 Å². The third-order valence-corrected chi connectivity index (χ3v) is 3.15. The van der Waals surface area contributed by atoms with E-state index in [1.54, 1.807) is 6.92 Å². The Morgan fingerprint density at radius 2 is 2.06 bits per heavy atom. The Morgan fingerprint density at radius 3 is 2.71 bits per heavy atom. The van der Waals surface area contributed by atoms with E-state index in [2.05, 4.69) is 11.9 Å². The number of pyridine rings is 1. The number of hydrogen-bond donors (Lipinski definition) is 0. The van der Waals surface area contributed by atoms with Crippen LogP contribution in [0.2, 0.25) is 0 Å². The van der Waals surface area contributed by atoms with Crippen LogP contribution in [0.5, 0.6) is 0 Å². The predicted molar refractivity (Wildman–Crippen MR) is 70.2 cm³/mol. The molecule has 0 saturated carbocycles. The molecule has 0 bridgehead atoms. The zero-order chi connectivity index (χ0) is 12.4. The van der Waals surface area contributed by atoms with Crippen molar-refractivity contribution in [1.29, 1.82) is 0 Å². The highest BCUT2D eigenvalue weighted by Crippen LogP contribution is 2.28. The number of benzene rings is 1. The van der Waals surface area contributed by atoms with Gasteiger partial charge in [-0.3, -0.25) is 9.78 Å². The van der Waals surface area contributed by atoms with Crippen molar-refractivity contribution in [2.75, 3.05) is 0 Å². The number of ketones is 1. The third-order valence-electron chi connectivity index (χ3n) is 3.15. The van der Waals surface area contributed by atoms with Crippen LogP contribution in [0.1, 0.15) is 37.4 Å². The van der Waals surface area contributed by atoms with Crippen LogP contribution < -0.4 is 0 Å². The molecule has 0 aliphatic carbocycles. The van der Waals surface area contributed by atoms with Gasteiger partial charge in [0.05, 0.1) is 5.52 Å². The first-order valence-corrected chi connectivity index (χ1v) is 6.00. The first-order valence-electron chi connectivity index (χ1n) is 6.00. The minimum Gasteiger partial charge on any atom is -0.299 e. The van der Waals surface area contributed by atoms with E-state index in [0.717, 1.165) is 28.6 Å². The molecule has 0 aliphatic heterocycles. The lowest BCUT2D eigenvalue weighted by Gasteiger charge is -2.15. The summed E-state index contributed by atoms with van der Waals surface area (Å²) in [5.74, 6) is 0.213. The Morgan fingerprint density at radius 1 is 1.35 bits per heavy atom. The minimum absolute atomic E-state index is 0.0124. The molecule has 2 aromatic rings. The molecule has 0 radical (unpaired) electrons. The zero-order valence-corrected chi connectivity index (χ0v) is 10.5. The monoisotopic (exact) mass is 227 g/mol. The minimum atomic E-state index is -0.0124. The molecule has 1 unspecified atom stereocenters. The molecule has 0 aliphatic rings. The lowest BCUT2D eigenvalue weighted by atomic mass is 9.90. The molecule has 0 N–H and O–H groups in total. The second-order valence-corrected chi connectivity index (χ2v) is 4.44. The van der Waals surface area contributed by atoms with Gasteiger partial charge in [-0.05, 0) is 38.0 Å². The topological polar surface area (TPSA) is 30.0 Å². The first kappa shape index (κ1) is 11.8. The molecule has 2 rings (SSSR count). The summed E-state index contributed by atoms with van der Waals surface area (Å²) < 4.78 is 0. The average Bonchev–Trinajstić information content (AvgIpc) is 2.29. The largest absolute Gasteiger partial charge is 0.299 e. The summed E-state index contributed by atoms with van der Waals surface area (Å²) in [5.41, 5.74) is 3.06. The van der Waals surface area contributed by atoms with Crippen molar-refractivity contribution in [2.45, 2.75) is 33.1 Å². The molecule has 2 heteroatoms. The molecule has 1 atom stereocenters. The number of aromatic nitrogens is 1. The Bertz CT molecular complexity index is 560.